The number of rotatable bonds is 4. The summed E-state index contributed by atoms with van der Waals surface area (Å²) in [6.07, 6.45) is 0.144. The van der Waals surface area contributed by atoms with Crippen LogP contribution in [-0.2, 0) is 14.9 Å². The van der Waals surface area contributed by atoms with Gasteiger partial charge in [0.1, 0.15) is 17.7 Å². The highest BCUT2D eigenvalue weighted by molar-refractivity contribution is 5.72. The summed E-state index contributed by atoms with van der Waals surface area (Å²) in [4.78, 5) is 22.9. The minimum Gasteiger partial charge on any atom is -0.444 e. The van der Waals surface area contributed by atoms with Gasteiger partial charge in [0.2, 0.25) is 0 Å². The lowest BCUT2D eigenvalue weighted by atomic mass is 9.84. The largest absolute Gasteiger partial charge is 0.444 e. The first-order valence-corrected chi connectivity index (χ1v) is 6.35. The van der Waals surface area contributed by atoms with Crippen LogP contribution >= 0.6 is 0 Å². The molecule has 1 aromatic rings. The minimum atomic E-state index is -0.926. The van der Waals surface area contributed by atoms with Gasteiger partial charge in [-0.2, -0.15) is 0 Å². The number of alkyl carbamates (subject to hydrolysis) is 1. The molecule has 1 aromatic carbocycles. The zero-order valence-electron chi connectivity index (χ0n) is 12.2. The molecule has 0 aromatic heterocycles. The van der Waals surface area contributed by atoms with Crippen LogP contribution in [-0.4, -0.2) is 24.5 Å². The lowest BCUT2D eigenvalue weighted by Crippen LogP contribution is -2.42. The monoisotopic (exact) mass is 281 g/mol. The van der Waals surface area contributed by atoms with Crippen molar-refractivity contribution in [3.05, 3.63) is 35.6 Å². The first-order chi connectivity index (χ1) is 9.16. The van der Waals surface area contributed by atoms with Crippen molar-refractivity contribution in [3.63, 3.8) is 0 Å². The number of amides is 1. The number of hydrogen-bond donors (Lipinski definition) is 1. The highest BCUT2D eigenvalue weighted by atomic mass is 19.1. The van der Waals surface area contributed by atoms with Crippen LogP contribution in [0.4, 0.5) is 9.18 Å². The van der Waals surface area contributed by atoms with E-state index in [9.17, 15) is 14.0 Å². The number of aldehydes is 1. The lowest BCUT2D eigenvalue weighted by molar-refractivity contribution is -0.112. The van der Waals surface area contributed by atoms with E-state index in [1.54, 1.807) is 27.7 Å². The molecule has 1 amide bonds. The van der Waals surface area contributed by atoms with Crippen LogP contribution in [0.5, 0.6) is 0 Å². The Kier molecular flexibility index (Phi) is 4.87. The minimum absolute atomic E-state index is 0.0804. The van der Waals surface area contributed by atoms with E-state index in [2.05, 4.69) is 5.32 Å². The normalized spacial score (nSPS) is 14.2. The highest BCUT2D eigenvalue weighted by Gasteiger charge is 2.28. The van der Waals surface area contributed by atoms with Gasteiger partial charge in [-0.15, -0.1) is 0 Å². The zero-order chi connectivity index (χ0) is 15.4. The molecule has 0 radical (unpaired) electrons. The van der Waals surface area contributed by atoms with Gasteiger partial charge in [-0.1, -0.05) is 12.1 Å². The van der Waals surface area contributed by atoms with Crippen molar-refractivity contribution in [2.75, 3.05) is 6.54 Å². The molecule has 0 bridgehead atoms. The van der Waals surface area contributed by atoms with E-state index in [1.807, 2.05) is 0 Å². The number of halogens is 1. The molecule has 4 nitrogen and oxygen atoms in total. The van der Waals surface area contributed by atoms with Gasteiger partial charge >= 0.3 is 6.09 Å². The van der Waals surface area contributed by atoms with E-state index in [1.165, 1.54) is 24.3 Å². The third kappa shape index (κ3) is 4.64. The van der Waals surface area contributed by atoms with E-state index < -0.39 is 17.1 Å². The topological polar surface area (TPSA) is 55.4 Å². The zero-order valence-corrected chi connectivity index (χ0v) is 12.2. The van der Waals surface area contributed by atoms with Gasteiger partial charge in [-0.25, -0.2) is 9.18 Å². The quantitative estimate of drug-likeness (QED) is 0.863. The number of carbonyl (C=O) groups excluding carboxylic acids is 2. The maximum absolute atomic E-state index is 12.9. The molecule has 1 rings (SSSR count). The average Bonchev–Trinajstić information content (AvgIpc) is 2.35. The van der Waals surface area contributed by atoms with Gasteiger partial charge in [0.15, 0.2) is 0 Å². The SMILES string of the molecule is CC(C)(C)OC(=O)NCC(C)(C=O)c1ccc(F)cc1. The molecule has 0 spiro atoms. The molecule has 20 heavy (non-hydrogen) atoms. The van der Waals surface area contributed by atoms with Crippen LogP contribution in [0.1, 0.15) is 33.3 Å². The Morgan fingerprint density at radius 1 is 1.25 bits per heavy atom. The van der Waals surface area contributed by atoms with E-state index >= 15 is 0 Å². The van der Waals surface area contributed by atoms with Crippen LogP contribution in [0.2, 0.25) is 0 Å². The molecule has 1 atom stereocenters. The van der Waals surface area contributed by atoms with Gasteiger partial charge in [0, 0.05) is 6.54 Å². The summed E-state index contributed by atoms with van der Waals surface area (Å²) in [6, 6.07) is 5.62. The first kappa shape index (κ1) is 16.1. The van der Waals surface area contributed by atoms with E-state index in [4.69, 9.17) is 4.74 Å². The summed E-state index contributed by atoms with van der Waals surface area (Å²) in [5.74, 6) is -0.373. The summed E-state index contributed by atoms with van der Waals surface area (Å²) in [5.41, 5.74) is -0.896. The van der Waals surface area contributed by atoms with E-state index in [-0.39, 0.29) is 12.4 Å². The van der Waals surface area contributed by atoms with Crippen LogP contribution in [0.25, 0.3) is 0 Å². The molecule has 1 N–H and O–H groups in total. The van der Waals surface area contributed by atoms with Gasteiger partial charge in [0.05, 0.1) is 5.41 Å². The number of carbonyl (C=O) groups is 2. The van der Waals surface area contributed by atoms with Crippen molar-refractivity contribution in [1.29, 1.82) is 0 Å². The predicted molar refractivity (Wildman–Crippen MR) is 74.1 cm³/mol. The fraction of sp³-hybridized carbons (Fsp3) is 0.467. The summed E-state index contributed by atoms with van der Waals surface area (Å²) in [6.45, 7) is 7.02. The van der Waals surface area contributed by atoms with Gasteiger partial charge < -0.3 is 14.8 Å². The molecule has 0 saturated heterocycles. The van der Waals surface area contributed by atoms with Crippen LogP contribution < -0.4 is 5.32 Å². The second-order valence-electron chi connectivity index (χ2n) is 5.90. The average molecular weight is 281 g/mol. The summed E-state index contributed by atoms with van der Waals surface area (Å²) in [7, 11) is 0. The predicted octanol–water partition coefficient (Wildman–Crippen LogP) is 2.81. The number of hydrogen-bond acceptors (Lipinski definition) is 3. The van der Waals surface area contributed by atoms with Gasteiger partial charge in [-0.05, 0) is 45.4 Å². The second kappa shape index (κ2) is 6.03. The summed E-state index contributed by atoms with van der Waals surface area (Å²) < 4.78 is 18.0. The third-order valence-electron chi connectivity index (χ3n) is 2.76. The molecule has 0 aliphatic carbocycles. The number of ether oxygens (including phenoxy) is 1. The Balaban J connectivity index is 2.73. The van der Waals surface area contributed by atoms with Crippen LogP contribution in [0.3, 0.4) is 0 Å². The van der Waals surface area contributed by atoms with Crippen molar-refractivity contribution < 1.29 is 18.7 Å². The molecule has 0 saturated carbocycles. The molecule has 0 aliphatic heterocycles. The lowest BCUT2D eigenvalue weighted by Gasteiger charge is -2.25. The molecular weight excluding hydrogens is 261 g/mol. The van der Waals surface area contributed by atoms with Crippen LogP contribution in [0, 0.1) is 5.82 Å². The summed E-state index contributed by atoms with van der Waals surface area (Å²) >= 11 is 0. The highest BCUT2D eigenvalue weighted by Crippen LogP contribution is 2.21. The fourth-order valence-corrected chi connectivity index (χ4v) is 1.61. The van der Waals surface area contributed by atoms with E-state index in [0.717, 1.165) is 6.29 Å². The number of benzene rings is 1. The molecular formula is C15H20FNO3. The molecule has 1 unspecified atom stereocenters. The van der Waals surface area contributed by atoms with Crippen LogP contribution in [0.15, 0.2) is 24.3 Å². The Morgan fingerprint density at radius 3 is 2.25 bits per heavy atom. The van der Waals surface area contributed by atoms with E-state index in [0.29, 0.717) is 5.56 Å². The van der Waals surface area contributed by atoms with Gasteiger partial charge in [-0.3, -0.25) is 0 Å². The third-order valence-corrected chi connectivity index (χ3v) is 2.76. The molecule has 0 heterocycles. The van der Waals surface area contributed by atoms with Gasteiger partial charge in [0.25, 0.3) is 0 Å². The first-order valence-electron chi connectivity index (χ1n) is 6.35. The molecule has 0 aliphatic rings. The number of nitrogens with one attached hydrogen (secondary N) is 1. The second-order valence-corrected chi connectivity index (χ2v) is 5.90. The van der Waals surface area contributed by atoms with Crippen molar-refractivity contribution in [3.8, 4) is 0 Å². The Hall–Kier alpha value is -1.91. The fourth-order valence-electron chi connectivity index (χ4n) is 1.61. The molecule has 0 fully saturated rings. The molecule has 110 valence electrons. The molecule has 5 heteroatoms. The Morgan fingerprint density at radius 2 is 1.80 bits per heavy atom. The summed E-state index contributed by atoms with van der Waals surface area (Å²) in [5, 5.41) is 2.56. The smallest absolute Gasteiger partial charge is 0.407 e. The Labute approximate surface area is 118 Å². The van der Waals surface area contributed by atoms with Crippen molar-refractivity contribution in [2.24, 2.45) is 0 Å². The standard InChI is InChI=1S/C15H20FNO3/c1-14(2,3)20-13(19)17-9-15(4,10-18)11-5-7-12(16)8-6-11/h5-8,10H,9H2,1-4H3,(H,17,19). The maximum Gasteiger partial charge on any atom is 0.407 e. The maximum atomic E-state index is 12.9. The Bertz CT molecular complexity index is 479. The van der Waals surface area contributed by atoms with Crippen molar-refractivity contribution in [1.82, 2.24) is 5.32 Å². The van der Waals surface area contributed by atoms with Crippen molar-refractivity contribution in [2.45, 2.75) is 38.7 Å². The van der Waals surface area contributed by atoms with Crippen molar-refractivity contribution >= 4 is 12.4 Å².